The molecule has 1 saturated heterocycles. The van der Waals surface area contributed by atoms with Crippen LogP contribution < -0.4 is 10.6 Å². The summed E-state index contributed by atoms with van der Waals surface area (Å²) in [6, 6.07) is 6.26. The molecular formula is C16H24ClN3O. The Balaban J connectivity index is 2.17. The molecule has 0 aliphatic carbocycles. The molecule has 5 heteroatoms. The predicted molar refractivity (Wildman–Crippen MR) is 88.1 cm³/mol. The average molecular weight is 310 g/mol. The number of anilines is 1. The minimum Gasteiger partial charge on any atom is -0.381 e. The second-order valence-electron chi connectivity index (χ2n) is 6.03. The van der Waals surface area contributed by atoms with Gasteiger partial charge in [-0.25, -0.2) is 0 Å². The van der Waals surface area contributed by atoms with Crippen LogP contribution >= 0.6 is 11.6 Å². The molecule has 3 atom stereocenters. The maximum absolute atomic E-state index is 11.7. The number of hydrogen-bond acceptors (Lipinski definition) is 3. The average Bonchev–Trinajstić information content (AvgIpc) is 2.46. The molecule has 1 amide bonds. The van der Waals surface area contributed by atoms with Crippen LogP contribution in [-0.4, -0.2) is 43.5 Å². The van der Waals surface area contributed by atoms with Gasteiger partial charge in [-0.3, -0.25) is 4.79 Å². The topological polar surface area (TPSA) is 44.4 Å². The van der Waals surface area contributed by atoms with Crippen molar-refractivity contribution in [2.45, 2.75) is 32.4 Å². The van der Waals surface area contributed by atoms with Crippen molar-refractivity contribution in [3.05, 3.63) is 28.8 Å². The monoisotopic (exact) mass is 309 g/mol. The van der Waals surface area contributed by atoms with E-state index in [1.165, 1.54) is 0 Å². The molecule has 0 aromatic heterocycles. The van der Waals surface area contributed by atoms with E-state index in [0.717, 1.165) is 18.7 Å². The molecule has 1 aliphatic rings. The van der Waals surface area contributed by atoms with E-state index < -0.39 is 0 Å². The quantitative estimate of drug-likeness (QED) is 0.902. The summed E-state index contributed by atoms with van der Waals surface area (Å²) >= 11 is 6.27. The van der Waals surface area contributed by atoms with Crippen LogP contribution in [0.15, 0.2) is 18.2 Å². The largest absolute Gasteiger partial charge is 0.381 e. The van der Waals surface area contributed by atoms with Gasteiger partial charge < -0.3 is 15.5 Å². The third kappa shape index (κ3) is 3.69. The molecule has 0 spiro atoms. The van der Waals surface area contributed by atoms with E-state index >= 15 is 0 Å². The second kappa shape index (κ2) is 6.67. The van der Waals surface area contributed by atoms with Crippen LogP contribution in [0.4, 0.5) is 5.69 Å². The molecule has 0 radical (unpaired) electrons. The fraction of sp³-hybridized carbons (Fsp3) is 0.562. The van der Waals surface area contributed by atoms with Crippen molar-refractivity contribution in [3.8, 4) is 0 Å². The zero-order valence-corrected chi connectivity index (χ0v) is 13.9. The van der Waals surface area contributed by atoms with Crippen molar-refractivity contribution < 1.29 is 4.79 Å². The molecular weight excluding hydrogens is 286 g/mol. The molecule has 1 fully saturated rings. The Bertz CT molecular complexity index is 520. The third-order valence-electron chi connectivity index (χ3n) is 4.41. The first-order valence-electron chi connectivity index (χ1n) is 7.40. The minimum absolute atomic E-state index is 0.0977. The fourth-order valence-corrected chi connectivity index (χ4v) is 3.04. The molecule has 4 nitrogen and oxygen atoms in total. The Morgan fingerprint density at radius 1 is 1.38 bits per heavy atom. The van der Waals surface area contributed by atoms with Crippen LogP contribution in [0.25, 0.3) is 0 Å². The Morgan fingerprint density at radius 3 is 2.76 bits per heavy atom. The number of carbonyl (C=O) groups excluding carboxylic acids is 1. The first-order valence-corrected chi connectivity index (χ1v) is 7.78. The van der Waals surface area contributed by atoms with Gasteiger partial charge in [0.2, 0.25) is 0 Å². The maximum Gasteiger partial charge on any atom is 0.251 e. The lowest BCUT2D eigenvalue weighted by Crippen LogP contribution is -2.48. The van der Waals surface area contributed by atoms with Gasteiger partial charge in [-0.1, -0.05) is 18.5 Å². The number of hydrogen-bond donors (Lipinski definition) is 2. The van der Waals surface area contributed by atoms with Crippen LogP contribution in [0, 0.1) is 5.92 Å². The van der Waals surface area contributed by atoms with Gasteiger partial charge in [0.15, 0.2) is 0 Å². The molecule has 2 rings (SSSR count). The molecule has 3 unspecified atom stereocenters. The van der Waals surface area contributed by atoms with Crippen molar-refractivity contribution in [2.24, 2.45) is 5.92 Å². The molecule has 2 N–H and O–H groups in total. The first kappa shape index (κ1) is 16.1. The smallest absolute Gasteiger partial charge is 0.251 e. The molecule has 1 aliphatic heterocycles. The molecule has 0 bridgehead atoms. The van der Waals surface area contributed by atoms with E-state index in [2.05, 4.69) is 36.4 Å². The standard InChI is InChI=1S/C16H24ClN3O/c1-10-9-20(4)11(2)7-14(10)19-15-8-12(16(21)18-3)5-6-13(15)17/h5-6,8,10-11,14,19H,7,9H2,1-4H3,(H,18,21). The normalized spacial score (nSPS) is 26.4. The van der Waals surface area contributed by atoms with E-state index in [0.29, 0.717) is 28.6 Å². The van der Waals surface area contributed by atoms with E-state index in [1.807, 2.05) is 6.07 Å². The van der Waals surface area contributed by atoms with Gasteiger partial charge >= 0.3 is 0 Å². The summed E-state index contributed by atoms with van der Waals surface area (Å²) in [5.74, 6) is 0.436. The number of piperidine rings is 1. The highest BCUT2D eigenvalue weighted by molar-refractivity contribution is 6.33. The van der Waals surface area contributed by atoms with Gasteiger partial charge in [0.05, 0.1) is 10.7 Å². The number of nitrogens with one attached hydrogen (secondary N) is 2. The van der Waals surface area contributed by atoms with Gasteiger partial charge in [0.25, 0.3) is 5.91 Å². The van der Waals surface area contributed by atoms with Crippen molar-refractivity contribution >= 4 is 23.2 Å². The molecule has 0 saturated carbocycles. The van der Waals surface area contributed by atoms with E-state index in [4.69, 9.17) is 11.6 Å². The summed E-state index contributed by atoms with van der Waals surface area (Å²) in [7, 11) is 3.79. The third-order valence-corrected chi connectivity index (χ3v) is 4.74. The first-order chi connectivity index (χ1) is 9.92. The highest BCUT2D eigenvalue weighted by Crippen LogP contribution is 2.29. The van der Waals surface area contributed by atoms with Crippen LogP contribution in [-0.2, 0) is 0 Å². The van der Waals surface area contributed by atoms with Gasteiger partial charge in [0, 0.05) is 31.2 Å². The van der Waals surface area contributed by atoms with Crippen LogP contribution in [0.1, 0.15) is 30.6 Å². The highest BCUT2D eigenvalue weighted by Gasteiger charge is 2.29. The Labute approximate surface area is 131 Å². The Kier molecular flexibility index (Phi) is 5.12. The number of rotatable bonds is 3. The Morgan fingerprint density at radius 2 is 2.10 bits per heavy atom. The summed E-state index contributed by atoms with van der Waals surface area (Å²) in [6.45, 7) is 5.55. The predicted octanol–water partition coefficient (Wildman–Crippen LogP) is 2.84. The SMILES string of the molecule is CNC(=O)c1ccc(Cl)c(NC2CC(C)N(C)CC2C)c1. The van der Waals surface area contributed by atoms with Crippen molar-refractivity contribution in [2.75, 3.05) is 26.0 Å². The van der Waals surface area contributed by atoms with Crippen LogP contribution in [0.5, 0.6) is 0 Å². The molecule has 1 heterocycles. The number of carbonyl (C=O) groups is 1. The summed E-state index contributed by atoms with van der Waals surface area (Å²) < 4.78 is 0. The zero-order valence-electron chi connectivity index (χ0n) is 13.1. The van der Waals surface area contributed by atoms with Crippen molar-refractivity contribution in [3.63, 3.8) is 0 Å². The van der Waals surface area contributed by atoms with Crippen LogP contribution in [0.2, 0.25) is 5.02 Å². The number of likely N-dealkylation sites (tertiary alicyclic amines) is 1. The Hall–Kier alpha value is -1.26. The lowest BCUT2D eigenvalue weighted by molar-refractivity contribution is 0.0963. The van der Waals surface area contributed by atoms with Gasteiger partial charge in [-0.15, -0.1) is 0 Å². The van der Waals surface area contributed by atoms with Crippen LogP contribution in [0.3, 0.4) is 0 Å². The van der Waals surface area contributed by atoms with Crippen molar-refractivity contribution in [1.29, 1.82) is 0 Å². The highest BCUT2D eigenvalue weighted by atomic mass is 35.5. The lowest BCUT2D eigenvalue weighted by atomic mass is 9.89. The molecule has 21 heavy (non-hydrogen) atoms. The van der Waals surface area contributed by atoms with E-state index in [1.54, 1.807) is 19.2 Å². The van der Waals surface area contributed by atoms with Gasteiger partial charge in [0.1, 0.15) is 0 Å². The van der Waals surface area contributed by atoms with Gasteiger partial charge in [-0.2, -0.15) is 0 Å². The maximum atomic E-state index is 11.7. The summed E-state index contributed by atoms with van der Waals surface area (Å²) in [6.07, 6.45) is 1.07. The van der Waals surface area contributed by atoms with E-state index in [-0.39, 0.29) is 5.91 Å². The summed E-state index contributed by atoms with van der Waals surface area (Å²) in [5, 5.41) is 6.82. The zero-order chi connectivity index (χ0) is 15.6. The van der Waals surface area contributed by atoms with Crippen molar-refractivity contribution in [1.82, 2.24) is 10.2 Å². The number of benzene rings is 1. The lowest BCUT2D eigenvalue weighted by Gasteiger charge is -2.40. The number of nitrogens with zero attached hydrogens (tertiary/aromatic N) is 1. The number of amides is 1. The summed E-state index contributed by atoms with van der Waals surface area (Å²) in [4.78, 5) is 14.1. The van der Waals surface area contributed by atoms with E-state index in [9.17, 15) is 4.79 Å². The number of halogens is 1. The minimum atomic E-state index is -0.0977. The molecule has 1 aromatic rings. The molecule has 1 aromatic carbocycles. The van der Waals surface area contributed by atoms with Gasteiger partial charge in [-0.05, 0) is 44.5 Å². The second-order valence-corrected chi connectivity index (χ2v) is 6.43. The fourth-order valence-electron chi connectivity index (χ4n) is 2.86. The molecule has 116 valence electrons. The summed E-state index contributed by atoms with van der Waals surface area (Å²) in [5.41, 5.74) is 1.46.